The number of hydrogen-bond donors (Lipinski definition) is 2. The lowest BCUT2D eigenvalue weighted by Crippen LogP contribution is -2.20. The van der Waals surface area contributed by atoms with Crippen molar-refractivity contribution >= 4 is 29.5 Å². The zero-order valence-electron chi connectivity index (χ0n) is 8.62. The van der Waals surface area contributed by atoms with Crippen LogP contribution in [0.25, 0.3) is 0 Å². The van der Waals surface area contributed by atoms with E-state index in [1.54, 1.807) is 0 Å². The normalized spacial score (nSPS) is 9.59. The van der Waals surface area contributed by atoms with Gasteiger partial charge in [-0.2, -0.15) is 0 Å². The first kappa shape index (κ1) is 13.0. The molecule has 6 nitrogen and oxygen atoms in total. The van der Waals surface area contributed by atoms with E-state index in [2.05, 4.69) is 9.47 Å². The summed E-state index contributed by atoms with van der Waals surface area (Å²) in [5.74, 6) is -0.977. The van der Waals surface area contributed by atoms with Crippen molar-refractivity contribution in [2.24, 2.45) is 5.73 Å². The summed E-state index contributed by atoms with van der Waals surface area (Å²) in [6, 6.07) is 0.917. The average molecular weight is 263 g/mol. The molecule has 8 heteroatoms. The number of halogens is 2. The van der Waals surface area contributed by atoms with Gasteiger partial charge in [0.25, 0.3) is 0 Å². The van der Waals surface area contributed by atoms with Crippen LogP contribution >= 0.6 is 11.6 Å². The number of hydrogen-bond acceptors (Lipinski definition) is 4. The Balaban J connectivity index is 3.05. The molecule has 0 radical (unpaired) electrons. The molecule has 0 aliphatic carbocycles. The van der Waals surface area contributed by atoms with E-state index in [-0.39, 0.29) is 16.5 Å². The summed E-state index contributed by atoms with van der Waals surface area (Å²) in [6.07, 6.45) is -1.02. The number of methoxy groups -OCH3 is 1. The SMILES string of the molecule is COC(=O)Oc1cc(NC(N)=O)c(F)cc1Cl. The number of rotatable bonds is 2. The zero-order chi connectivity index (χ0) is 13.0. The van der Waals surface area contributed by atoms with E-state index < -0.39 is 18.0 Å². The average Bonchev–Trinajstić information content (AvgIpc) is 2.24. The quantitative estimate of drug-likeness (QED) is 0.631. The minimum absolute atomic E-state index is 0.150. The van der Waals surface area contributed by atoms with Crippen LogP contribution in [0.3, 0.4) is 0 Å². The molecule has 0 bridgehead atoms. The largest absolute Gasteiger partial charge is 0.513 e. The Hall–Kier alpha value is -2.02. The molecule has 0 aliphatic rings. The van der Waals surface area contributed by atoms with Gasteiger partial charge in [0.05, 0.1) is 17.8 Å². The number of urea groups is 1. The maximum Gasteiger partial charge on any atom is 0.513 e. The fourth-order valence-corrected chi connectivity index (χ4v) is 1.16. The second kappa shape index (κ2) is 5.35. The molecule has 17 heavy (non-hydrogen) atoms. The number of ether oxygens (including phenoxy) is 2. The highest BCUT2D eigenvalue weighted by atomic mass is 35.5. The Labute approximate surface area is 100 Å². The Morgan fingerprint density at radius 3 is 2.65 bits per heavy atom. The van der Waals surface area contributed by atoms with Crippen molar-refractivity contribution in [1.82, 2.24) is 0 Å². The molecule has 2 amide bonds. The van der Waals surface area contributed by atoms with Gasteiger partial charge in [0.15, 0.2) is 5.75 Å². The van der Waals surface area contributed by atoms with Crippen molar-refractivity contribution in [3.63, 3.8) is 0 Å². The molecule has 0 saturated heterocycles. The third-order valence-electron chi connectivity index (χ3n) is 1.64. The minimum Gasteiger partial charge on any atom is -0.437 e. The molecule has 1 aromatic rings. The number of nitrogens with one attached hydrogen (secondary N) is 1. The summed E-state index contributed by atoms with van der Waals surface area (Å²) in [7, 11) is 1.10. The molecule has 0 heterocycles. The molecule has 0 fully saturated rings. The summed E-state index contributed by atoms with van der Waals surface area (Å²) >= 11 is 5.62. The van der Waals surface area contributed by atoms with E-state index in [1.807, 2.05) is 5.32 Å². The van der Waals surface area contributed by atoms with Gasteiger partial charge in [-0.25, -0.2) is 14.0 Å². The highest BCUT2D eigenvalue weighted by Gasteiger charge is 2.14. The van der Waals surface area contributed by atoms with E-state index in [1.165, 1.54) is 0 Å². The molecular weight excluding hydrogens is 255 g/mol. The van der Waals surface area contributed by atoms with Gasteiger partial charge in [-0.1, -0.05) is 11.6 Å². The molecule has 0 unspecified atom stereocenters. The van der Waals surface area contributed by atoms with Crippen LogP contribution in [0.15, 0.2) is 12.1 Å². The van der Waals surface area contributed by atoms with Crippen molar-refractivity contribution in [3.8, 4) is 5.75 Å². The Bertz CT molecular complexity index is 467. The number of amides is 2. The van der Waals surface area contributed by atoms with Gasteiger partial charge in [-0.3, -0.25) is 0 Å². The Morgan fingerprint density at radius 2 is 2.12 bits per heavy atom. The van der Waals surface area contributed by atoms with Crippen molar-refractivity contribution < 1.29 is 23.5 Å². The van der Waals surface area contributed by atoms with Crippen molar-refractivity contribution in [2.45, 2.75) is 0 Å². The first-order valence-electron chi connectivity index (χ1n) is 4.25. The van der Waals surface area contributed by atoms with Gasteiger partial charge in [-0.15, -0.1) is 0 Å². The van der Waals surface area contributed by atoms with Gasteiger partial charge in [0, 0.05) is 6.07 Å². The second-order valence-corrected chi connectivity index (χ2v) is 3.22. The number of carbonyl (C=O) groups excluding carboxylic acids is 2. The molecule has 3 N–H and O–H groups in total. The molecule has 1 rings (SSSR count). The molecule has 0 atom stereocenters. The summed E-state index contributed by atoms with van der Waals surface area (Å²) in [5, 5.41) is 1.85. The number of carbonyl (C=O) groups is 2. The van der Waals surface area contributed by atoms with E-state index in [4.69, 9.17) is 17.3 Å². The minimum atomic E-state index is -1.02. The van der Waals surface area contributed by atoms with E-state index in [0.717, 1.165) is 19.2 Å². The topological polar surface area (TPSA) is 90.7 Å². The summed E-state index contributed by atoms with van der Waals surface area (Å²) in [6.45, 7) is 0. The third kappa shape index (κ3) is 3.49. The van der Waals surface area contributed by atoms with Gasteiger partial charge in [-0.05, 0) is 6.07 Å². The lowest BCUT2D eigenvalue weighted by Gasteiger charge is -2.08. The van der Waals surface area contributed by atoms with Crippen LogP contribution in [0.4, 0.5) is 19.7 Å². The predicted molar refractivity (Wildman–Crippen MR) is 57.6 cm³/mol. The monoisotopic (exact) mass is 262 g/mol. The molecule has 0 aromatic heterocycles. The molecule has 1 aromatic carbocycles. The maximum atomic E-state index is 13.3. The number of nitrogens with two attached hydrogens (primary N) is 1. The summed E-state index contributed by atoms with van der Waals surface area (Å²) in [4.78, 5) is 21.4. The molecule has 0 saturated carbocycles. The van der Waals surface area contributed by atoms with Gasteiger partial charge >= 0.3 is 12.2 Å². The predicted octanol–water partition coefficient (Wildman–Crippen LogP) is 2.11. The fourth-order valence-electron chi connectivity index (χ4n) is 0.967. The molecule has 92 valence electrons. The smallest absolute Gasteiger partial charge is 0.437 e. The lowest BCUT2D eigenvalue weighted by molar-refractivity contribution is 0.121. The van der Waals surface area contributed by atoms with Gasteiger partial charge in [0.1, 0.15) is 5.82 Å². The number of benzene rings is 1. The molecule has 0 aliphatic heterocycles. The second-order valence-electron chi connectivity index (χ2n) is 2.81. The van der Waals surface area contributed by atoms with Crippen LogP contribution in [0, 0.1) is 5.82 Å². The van der Waals surface area contributed by atoms with Crippen molar-refractivity contribution in [3.05, 3.63) is 23.0 Å². The highest BCUT2D eigenvalue weighted by Crippen LogP contribution is 2.30. The van der Waals surface area contributed by atoms with Crippen LogP contribution in [-0.4, -0.2) is 19.3 Å². The number of anilines is 1. The van der Waals surface area contributed by atoms with Crippen molar-refractivity contribution in [1.29, 1.82) is 0 Å². The third-order valence-corrected chi connectivity index (χ3v) is 1.93. The lowest BCUT2D eigenvalue weighted by atomic mass is 10.3. The Kier molecular flexibility index (Phi) is 4.11. The first-order valence-corrected chi connectivity index (χ1v) is 4.63. The fraction of sp³-hybridized carbons (Fsp3) is 0.111. The van der Waals surface area contributed by atoms with Crippen LogP contribution in [0.2, 0.25) is 5.02 Å². The highest BCUT2D eigenvalue weighted by molar-refractivity contribution is 6.32. The van der Waals surface area contributed by atoms with Crippen molar-refractivity contribution in [2.75, 3.05) is 12.4 Å². The standard InChI is InChI=1S/C9H8ClFN2O4/c1-16-9(15)17-7-3-6(13-8(12)14)5(11)2-4(7)10/h2-3H,1H3,(H3,12,13,14). The van der Waals surface area contributed by atoms with E-state index >= 15 is 0 Å². The van der Waals surface area contributed by atoms with Gasteiger partial charge < -0.3 is 20.5 Å². The van der Waals surface area contributed by atoms with Gasteiger partial charge in [0.2, 0.25) is 0 Å². The van der Waals surface area contributed by atoms with Crippen LogP contribution in [0.1, 0.15) is 0 Å². The first-order chi connectivity index (χ1) is 7.93. The van der Waals surface area contributed by atoms with Crippen LogP contribution < -0.4 is 15.8 Å². The molecular formula is C9H8ClFN2O4. The zero-order valence-corrected chi connectivity index (χ0v) is 9.38. The van der Waals surface area contributed by atoms with E-state index in [0.29, 0.717) is 0 Å². The van der Waals surface area contributed by atoms with Crippen LogP contribution in [-0.2, 0) is 4.74 Å². The van der Waals surface area contributed by atoms with Crippen LogP contribution in [0.5, 0.6) is 5.75 Å². The summed E-state index contributed by atoms with van der Waals surface area (Å²) < 4.78 is 22.1. The number of primary amides is 1. The molecule has 0 spiro atoms. The Morgan fingerprint density at radius 1 is 1.47 bits per heavy atom. The summed E-state index contributed by atoms with van der Waals surface area (Å²) in [5.41, 5.74) is 4.56. The van der Waals surface area contributed by atoms with E-state index in [9.17, 15) is 14.0 Å². The maximum absolute atomic E-state index is 13.3.